The molecule has 2 rings (SSSR count). The van der Waals surface area contributed by atoms with E-state index >= 15 is 0 Å². The van der Waals surface area contributed by atoms with E-state index in [-0.39, 0.29) is 22.9 Å². The molecule has 0 saturated carbocycles. The first kappa shape index (κ1) is 25.0. The van der Waals surface area contributed by atoms with Gasteiger partial charge in [-0.2, -0.15) is 0 Å². The van der Waals surface area contributed by atoms with Crippen LogP contribution in [0.4, 0.5) is 11.4 Å². The summed E-state index contributed by atoms with van der Waals surface area (Å²) >= 11 is 0. The van der Waals surface area contributed by atoms with Crippen LogP contribution in [0.1, 0.15) is 11.1 Å². The van der Waals surface area contributed by atoms with E-state index in [4.69, 9.17) is 9.47 Å². The number of sulfonamides is 1. The van der Waals surface area contributed by atoms with Crippen LogP contribution in [0.15, 0.2) is 48.7 Å². The van der Waals surface area contributed by atoms with Gasteiger partial charge in [-0.05, 0) is 35.4 Å². The van der Waals surface area contributed by atoms with E-state index in [9.17, 15) is 33.4 Å². The highest BCUT2D eigenvalue weighted by Crippen LogP contribution is 2.28. The zero-order valence-electron chi connectivity index (χ0n) is 17.5. The van der Waals surface area contributed by atoms with Crippen molar-refractivity contribution in [2.45, 2.75) is 0 Å². The van der Waals surface area contributed by atoms with Gasteiger partial charge in [-0.1, -0.05) is 18.2 Å². The predicted molar refractivity (Wildman–Crippen MR) is 119 cm³/mol. The summed E-state index contributed by atoms with van der Waals surface area (Å²) < 4.78 is 36.0. The quantitative estimate of drug-likeness (QED) is 0.290. The van der Waals surface area contributed by atoms with Crippen LogP contribution in [0.2, 0.25) is 0 Å². The fraction of sp³-hybridized carbons (Fsp3) is 0.150. The first-order valence-electron chi connectivity index (χ1n) is 9.08. The van der Waals surface area contributed by atoms with E-state index < -0.39 is 31.4 Å². The van der Waals surface area contributed by atoms with Gasteiger partial charge in [0.25, 0.3) is 0 Å². The van der Waals surface area contributed by atoms with Gasteiger partial charge in [0.2, 0.25) is 10.0 Å². The fourth-order valence-corrected chi connectivity index (χ4v) is 3.44. The topological polar surface area (TPSA) is 168 Å². The summed E-state index contributed by atoms with van der Waals surface area (Å²) in [7, 11) is -1.48. The Balaban J connectivity index is 2.04. The number of ether oxygens (including phenoxy) is 2. The van der Waals surface area contributed by atoms with E-state index in [1.807, 2.05) is 0 Å². The average Bonchev–Trinajstić information content (AvgIpc) is 2.76. The molecule has 12 nitrogen and oxygen atoms in total. The lowest BCUT2D eigenvalue weighted by molar-refractivity contribution is -0.385. The molecule has 174 valence electrons. The summed E-state index contributed by atoms with van der Waals surface area (Å²) in [5.41, 5.74) is 0.0478. The van der Waals surface area contributed by atoms with Crippen molar-refractivity contribution in [3.63, 3.8) is 0 Å². The lowest BCUT2D eigenvalue weighted by Gasteiger charge is -2.03. The first-order chi connectivity index (χ1) is 15.6. The maximum atomic E-state index is 12.1. The van der Waals surface area contributed by atoms with Crippen LogP contribution in [0, 0.1) is 20.2 Å². The summed E-state index contributed by atoms with van der Waals surface area (Å²) in [6.45, 7) is 0. The van der Waals surface area contributed by atoms with E-state index in [2.05, 4.69) is 4.72 Å². The molecular weight excluding hydrogens is 458 g/mol. The molecule has 13 heteroatoms. The summed E-state index contributed by atoms with van der Waals surface area (Å²) in [4.78, 5) is 32.8. The minimum atomic E-state index is -4.05. The van der Waals surface area contributed by atoms with E-state index in [1.54, 1.807) is 0 Å². The molecule has 0 aromatic heterocycles. The first-order valence-corrected chi connectivity index (χ1v) is 10.7. The number of nitro groups is 2. The molecule has 0 atom stereocenters. The Kier molecular flexibility index (Phi) is 8.23. The van der Waals surface area contributed by atoms with Crippen LogP contribution in [0.3, 0.4) is 0 Å². The number of hydrogen-bond donors (Lipinski definition) is 1. The molecule has 0 spiro atoms. The highest BCUT2D eigenvalue weighted by molar-refractivity contribution is 7.90. The number of nitrogens with zero attached hydrogens (tertiary/aromatic N) is 2. The molecule has 33 heavy (non-hydrogen) atoms. The van der Waals surface area contributed by atoms with Crippen molar-refractivity contribution < 1.29 is 32.5 Å². The van der Waals surface area contributed by atoms with Crippen LogP contribution in [0.25, 0.3) is 12.2 Å². The molecule has 0 heterocycles. The number of nitrogens with one attached hydrogen (secondary N) is 1. The second-order valence-corrected chi connectivity index (χ2v) is 8.14. The molecule has 0 saturated heterocycles. The highest BCUT2D eigenvalue weighted by atomic mass is 32.2. The molecule has 0 amide bonds. The molecule has 0 fully saturated rings. The minimum absolute atomic E-state index is 0.0456. The van der Waals surface area contributed by atoms with Gasteiger partial charge in [0.05, 0.1) is 24.1 Å². The van der Waals surface area contributed by atoms with Gasteiger partial charge in [-0.15, -0.1) is 0 Å². The Labute approximate surface area is 188 Å². The number of carbonyl (C=O) groups excluding carboxylic acids is 1. The standard InChI is InChI=1S/C20H19N3O9S/c1-31-19-7-4-14(11-17(19)22(25)26)3-6-16(24)13-33(29,30)21-10-9-15-5-8-20(32-2)18(12-15)23(27)28/h3-12,21H,13H2,1-2H3/b6-3?,10-9+. The monoisotopic (exact) mass is 477 g/mol. The van der Waals surface area contributed by atoms with Crippen molar-refractivity contribution in [1.82, 2.24) is 4.72 Å². The van der Waals surface area contributed by atoms with Crippen molar-refractivity contribution in [3.05, 3.63) is 80.0 Å². The molecule has 2 aromatic rings. The van der Waals surface area contributed by atoms with Crippen molar-refractivity contribution >= 4 is 39.3 Å². The fourth-order valence-electron chi connectivity index (χ4n) is 2.61. The summed E-state index contributed by atoms with van der Waals surface area (Å²) in [5, 5.41) is 22.1. The maximum Gasteiger partial charge on any atom is 0.311 e. The Bertz CT molecular complexity index is 1240. The number of nitro benzene ring substituents is 2. The molecule has 0 aliphatic carbocycles. The van der Waals surface area contributed by atoms with Gasteiger partial charge in [-0.25, -0.2) is 8.42 Å². The SMILES string of the molecule is COc1ccc(C=CC(=O)CS(=O)(=O)N/C=C/c2ccc(OC)c([N+](=O)[O-])c2)cc1[N+](=O)[O-]. The molecule has 0 unspecified atom stereocenters. The van der Waals surface area contributed by atoms with Crippen molar-refractivity contribution in [1.29, 1.82) is 0 Å². The van der Waals surface area contributed by atoms with Gasteiger partial charge < -0.3 is 9.47 Å². The highest BCUT2D eigenvalue weighted by Gasteiger charge is 2.16. The zero-order valence-corrected chi connectivity index (χ0v) is 18.3. The van der Waals surface area contributed by atoms with Crippen molar-refractivity contribution in [2.24, 2.45) is 0 Å². The average molecular weight is 477 g/mol. The molecule has 0 radical (unpaired) electrons. The Morgan fingerprint density at radius 1 is 0.939 bits per heavy atom. The van der Waals surface area contributed by atoms with E-state index in [0.29, 0.717) is 11.1 Å². The van der Waals surface area contributed by atoms with Crippen LogP contribution >= 0.6 is 0 Å². The lowest BCUT2D eigenvalue weighted by Crippen LogP contribution is -2.25. The number of methoxy groups -OCH3 is 2. The Morgan fingerprint density at radius 2 is 1.42 bits per heavy atom. The van der Waals surface area contributed by atoms with Crippen LogP contribution in [0.5, 0.6) is 11.5 Å². The van der Waals surface area contributed by atoms with Gasteiger partial charge in [0.1, 0.15) is 5.75 Å². The maximum absolute atomic E-state index is 12.1. The largest absolute Gasteiger partial charge is 0.490 e. The molecule has 0 aliphatic rings. The predicted octanol–water partition coefficient (Wildman–Crippen LogP) is 2.69. The van der Waals surface area contributed by atoms with Gasteiger partial charge in [0.15, 0.2) is 17.3 Å². The van der Waals surface area contributed by atoms with Gasteiger partial charge >= 0.3 is 11.4 Å². The second kappa shape index (κ2) is 10.9. The van der Waals surface area contributed by atoms with Crippen molar-refractivity contribution in [3.8, 4) is 11.5 Å². The third kappa shape index (κ3) is 7.14. The second-order valence-electron chi connectivity index (χ2n) is 6.39. The summed E-state index contributed by atoms with van der Waals surface area (Å²) in [5.74, 6) is -1.55. The van der Waals surface area contributed by atoms with Crippen molar-refractivity contribution in [2.75, 3.05) is 20.0 Å². The number of ketones is 1. The number of rotatable bonds is 11. The number of hydrogen-bond acceptors (Lipinski definition) is 9. The third-order valence-corrected chi connectivity index (χ3v) is 5.28. The molecule has 0 aliphatic heterocycles. The molecule has 0 bridgehead atoms. The molecule has 1 N–H and O–H groups in total. The van der Waals surface area contributed by atoms with Gasteiger partial charge in [-0.3, -0.25) is 29.7 Å². The normalized spacial score (nSPS) is 11.5. The van der Waals surface area contributed by atoms with E-state index in [0.717, 1.165) is 12.3 Å². The summed E-state index contributed by atoms with van der Waals surface area (Å²) in [6, 6.07) is 8.06. The smallest absolute Gasteiger partial charge is 0.311 e. The molecular formula is C20H19N3O9S. The summed E-state index contributed by atoms with van der Waals surface area (Å²) in [6.07, 6.45) is 4.55. The lowest BCUT2D eigenvalue weighted by atomic mass is 10.1. The number of benzene rings is 2. The van der Waals surface area contributed by atoms with E-state index in [1.165, 1.54) is 62.8 Å². The number of allylic oxidation sites excluding steroid dienone is 1. The van der Waals surface area contributed by atoms with Crippen LogP contribution < -0.4 is 14.2 Å². The van der Waals surface area contributed by atoms with Crippen LogP contribution in [-0.4, -0.2) is 44.0 Å². The molecule has 2 aromatic carbocycles. The zero-order chi connectivity index (χ0) is 24.6. The Morgan fingerprint density at radius 3 is 1.88 bits per heavy atom. The number of carbonyl (C=O) groups is 1. The Hall–Kier alpha value is -4.26. The minimum Gasteiger partial charge on any atom is -0.490 e. The third-order valence-electron chi connectivity index (χ3n) is 4.12. The van der Waals surface area contributed by atoms with Crippen LogP contribution in [-0.2, 0) is 14.8 Å². The van der Waals surface area contributed by atoms with Gasteiger partial charge in [0, 0.05) is 18.3 Å².